The maximum absolute atomic E-state index is 13.4. The average molecular weight is 535 g/mol. The molecule has 1 saturated heterocycles. The van der Waals surface area contributed by atoms with Gasteiger partial charge in [0.25, 0.3) is 0 Å². The van der Waals surface area contributed by atoms with E-state index in [9.17, 15) is 9.18 Å². The molecule has 1 amide bonds. The Morgan fingerprint density at radius 1 is 1.16 bits per heavy atom. The van der Waals surface area contributed by atoms with Crippen LogP contribution in [0.3, 0.4) is 0 Å². The number of carbonyl (C=O) groups excluding carboxylic acids is 1. The zero-order valence-electron chi connectivity index (χ0n) is 22.3. The fraction of sp³-hybridized carbons (Fsp3) is 0.414. The monoisotopic (exact) mass is 534 g/mol. The van der Waals surface area contributed by atoms with Crippen LogP contribution in [0, 0.1) is 5.82 Å². The first-order valence-corrected chi connectivity index (χ1v) is 14.2. The molecule has 0 aliphatic carbocycles. The van der Waals surface area contributed by atoms with E-state index in [1.54, 1.807) is 23.5 Å². The van der Waals surface area contributed by atoms with E-state index in [1.165, 1.54) is 17.7 Å². The number of halogens is 1. The van der Waals surface area contributed by atoms with E-state index in [0.717, 1.165) is 78.9 Å². The highest BCUT2D eigenvalue weighted by atomic mass is 32.1. The number of rotatable bonds is 8. The van der Waals surface area contributed by atoms with E-state index in [0.29, 0.717) is 12.3 Å². The summed E-state index contributed by atoms with van der Waals surface area (Å²) < 4.78 is 15.6. The van der Waals surface area contributed by atoms with Crippen LogP contribution >= 0.6 is 11.3 Å². The first-order chi connectivity index (χ1) is 18.5. The smallest absolute Gasteiger partial charge is 0.223 e. The number of amides is 1. The number of carbonyl (C=O) groups is 1. The molecule has 1 aliphatic heterocycles. The minimum absolute atomic E-state index is 0.241. The molecule has 0 spiro atoms. The van der Waals surface area contributed by atoms with Gasteiger partial charge in [0.2, 0.25) is 5.91 Å². The van der Waals surface area contributed by atoms with Gasteiger partial charge in [-0.25, -0.2) is 14.4 Å². The second-order valence-electron chi connectivity index (χ2n) is 9.87. The normalized spacial score (nSPS) is 16.1. The molecule has 0 saturated carbocycles. The number of benzene rings is 1. The van der Waals surface area contributed by atoms with Crippen molar-refractivity contribution < 1.29 is 9.18 Å². The van der Waals surface area contributed by atoms with Crippen LogP contribution in [0.15, 0.2) is 48.0 Å². The van der Waals surface area contributed by atoms with Crippen LogP contribution in [-0.2, 0) is 11.2 Å². The van der Waals surface area contributed by atoms with E-state index in [1.807, 2.05) is 24.4 Å². The molecule has 1 aromatic carbocycles. The molecule has 1 N–H and O–H groups in total. The minimum atomic E-state index is -0.253. The summed E-state index contributed by atoms with van der Waals surface area (Å²) in [6, 6.07) is 10.8. The van der Waals surface area contributed by atoms with Crippen molar-refractivity contribution in [3.05, 3.63) is 65.0 Å². The van der Waals surface area contributed by atoms with Gasteiger partial charge in [0.05, 0.1) is 11.4 Å². The van der Waals surface area contributed by atoms with E-state index in [-0.39, 0.29) is 11.7 Å². The predicted molar refractivity (Wildman–Crippen MR) is 152 cm³/mol. The molecule has 4 aromatic rings. The molecule has 200 valence electrons. The molecule has 9 heteroatoms. The van der Waals surface area contributed by atoms with E-state index >= 15 is 0 Å². The minimum Gasteiger partial charge on any atom is -0.343 e. The summed E-state index contributed by atoms with van der Waals surface area (Å²) in [6.45, 7) is 4.47. The Bertz CT molecular complexity index is 1400. The molecule has 38 heavy (non-hydrogen) atoms. The van der Waals surface area contributed by atoms with E-state index < -0.39 is 0 Å². The molecule has 1 fully saturated rings. The second-order valence-corrected chi connectivity index (χ2v) is 10.7. The van der Waals surface area contributed by atoms with Crippen LogP contribution in [0.2, 0.25) is 0 Å². The number of hydrogen-bond donors (Lipinski definition) is 1. The second kappa shape index (κ2) is 11.6. The Kier molecular flexibility index (Phi) is 8.04. The highest BCUT2D eigenvalue weighted by molar-refractivity contribution is 7.14. The van der Waals surface area contributed by atoms with E-state index in [2.05, 4.69) is 39.9 Å². The topological polar surface area (TPSA) is 65.8 Å². The number of aromatic nitrogens is 3. The van der Waals surface area contributed by atoms with Gasteiger partial charge in [0, 0.05) is 50.2 Å². The van der Waals surface area contributed by atoms with Crippen LogP contribution in [0.1, 0.15) is 49.8 Å². The lowest BCUT2D eigenvalue weighted by Gasteiger charge is -2.21. The molecule has 1 unspecified atom stereocenters. The van der Waals surface area contributed by atoms with Crippen molar-refractivity contribution in [3.8, 4) is 11.3 Å². The lowest BCUT2D eigenvalue weighted by atomic mass is 9.93. The summed E-state index contributed by atoms with van der Waals surface area (Å²) in [5.74, 6) is 1.40. The van der Waals surface area contributed by atoms with Crippen LogP contribution in [0.5, 0.6) is 0 Å². The zero-order chi connectivity index (χ0) is 26.6. The van der Waals surface area contributed by atoms with Crippen LogP contribution < -0.4 is 10.2 Å². The van der Waals surface area contributed by atoms with Gasteiger partial charge in [-0.15, -0.1) is 11.3 Å². The predicted octanol–water partition coefficient (Wildman–Crippen LogP) is 5.63. The van der Waals surface area contributed by atoms with Crippen molar-refractivity contribution in [2.24, 2.45) is 0 Å². The van der Waals surface area contributed by atoms with Crippen LogP contribution in [0.4, 0.5) is 15.3 Å². The molecule has 1 atom stereocenters. The number of fused-ring (bicyclic) bond motifs is 1. The number of nitrogens with zero attached hydrogens (tertiary/aromatic N) is 5. The Labute approximate surface area is 227 Å². The van der Waals surface area contributed by atoms with Crippen molar-refractivity contribution in [3.63, 3.8) is 0 Å². The van der Waals surface area contributed by atoms with Crippen molar-refractivity contribution in [2.45, 2.75) is 44.9 Å². The Hall–Kier alpha value is -3.30. The number of nitrogens with one attached hydrogen (secondary N) is 1. The van der Waals surface area contributed by atoms with Crippen molar-refractivity contribution >= 4 is 33.8 Å². The molecule has 1 aliphatic rings. The van der Waals surface area contributed by atoms with Gasteiger partial charge in [-0.2, -0.15) is 0 Å². The number of pyridine rings is 1. The fourth-order valence-corrected chi connectivity index (χ4v) is 6.06. The van der Waals surface area contributed by atoms with Gasteiger partial charge in [-0.3, -0.25) is 9.20 Å². The third kappa shape index (κ3) is 5.44. The van der Waals surface area contributed by atoms with Gasteiger partial charge in [-0.1, -0.05) is 13.0 Å². The molecule has 4 heterocycles. The highest BCUT2D eigenvalue weighted by Gasteiger charge is 2.24. The number of anilines is 2. The lowest BCUT2D eigenvalue weighted by molar-refractivity contribution is -0.131. The maximum atomic E-state index is 13.4. The molecular weight excluding hydrogens is 499 g/mol. The standard InChI is InChI=1S/C29H35FN6OS/c1-4-24-28(34(3)29-33-25(19-38-29)21-7-10-23(30)11-8-21)36-18-22(9-12-26(36)32-24)20-6-5-16-35(17-14-20)27(37)13-15-31-2/h7-12,18-20,31H,4-6,13-17H2,1-3H3. The molecule has 3 aromatic heterocycles. The number of imidazole rings is 1. The summed E-state index contributed by atoms with van der Waals surface area (Å²) in [5, 5.41) is 5.94. The summed E-state index contributed by atoms with van der Waals surface area (Å²) in [4.78, 5) is 26.5. The number of thiazole rings is 1. The average Bonchev–Trinajstić information content (AvgIpc) is 3.49. The van der Waals surface area contributed by atoms with Gasteiger partial charge < -0.3 is 15.1 Å². The third-order valence-electron chi connectivity index (χ3n) is 7.40. The van der Waals surface area contributed by atoms with Gasteiger partial charge in [-0.05, 0) is 74.5 Å². The summed E-state index contributed by atoms with van der Waals surface area (Å²) in [7, 11) is 3.91. The Morgan fingerprint density at radius 2 is 1.97 bits per heavy atom. The summed E-state index contributed by atoms with van der Waals surface area (Å²) in [5.41, 5.74) is 4.94. The molecule has 7 nitrogen and oxygen atoms in total. The Balaban J connectivity index is 1.41. The molecule has 5 rings (SSSR count). The largest absolute Gasteiger partial charge is 0.343 e. The first kappa shape index (κ1) is 26.3. The number of aryl methyl sites for hydroxylation is 1. The summed E-state index contributed by atoms with van der Waals surface area (Å²) >= 11 is 1.56. The van der Waals surface area contributed by atoms with Crippen LogP contribution in [0.25, 0.3) is 16.9 Å². The molecule has 0 radical (unpaired) electrons. The fourth-order valence-electron chi connectivity index (χ4n) is 5.26. The number of likely N-dealkylation sites (tertiary alicyclic amines) is 1. The van der Waals surface area contributed by atoms with Gasteiger partial charge in [0.15, 0.2) is 5.13 Å². The first-order valence-electron chi connectivity index (χ1n) is 13.4. The van der Waals surface area contributed by atoms with Crippen LogP contribution in [-0.4, -0.2) is 58.9 Å². The summed E-state index contributed by atoms with van der Waals surface area (Å²) in [6.07, 6.45) is 6.62. The van der Waals surface area contributed by atoms with Gasteiger partial charge >= 0.3 is 0 Å². The SMILES string of the molecule is CCc1nc2ccc(C3CCCN(C(=O)CCNC)CC3)cn2c1N(C)c1nc(-c2ccc(F)cc2)cs1. The third-order valence-corrected chi connectivity index (χ3v) is 8.32. The quantitative estimate of drug-likeness (QED) is 0.317. The molecule has 0 bridgehead atoms. The van der Waals surface area contributed by atoms with Gasteiger partial charge in [0.1, 0.15) is 17.3 Å². The Morgan fingerprint density at radius 3 is 2.74 bits per heavy atom. The maximum Gasteiger partial charge on any atom is 0.223 e. The van der Waals surface area contributed by atoms with Crippen molar-refractivity contribution in [2.75, 3.05) is 38.6 Å². The highest BCUT2D eigenvalue weighted by Crippen LogP contribution is 2.35. The zero-order valence-corrected chi connectivity index (χ0v) is 23.1. The molecular formula is C29H35FN6OS. The number of hydrogen-bond acceptors (Lipinski definition) is 6. The van der Waals surface area contributed by atoms with Crippen molar-refractivity contribution in [1.82, 2.24) is 24.6 Å². The lowest BCUT2D eigenvalue weighted by Crippen LogP contribution is -2.33. The van der Waals surface area contributed by atoms with Crippen molar-refractivity contribution in [1.29, 1.82) is 0 Å². The van der Waals surface area contributed by atoms with E-state index in [4.69, 9.17) is 9.97 Å².